The summed E-state index contributed by atoms with van der Waals surface area (Å²) in [6.07, 6.45) is 7.75. The maximum atomic E-state index is 6.18. The fraction of sp³-hybridized carbons (Fsp3) is 0.647. The number of nitrogens with two attached hydrogens (primary N) is 1. The average Bonchev–Trinajstić information content (AvgIpc) is 2.93. The van der Waals surface area contributed by atoms with Crippen molar-refractivity contribution in [3.63, 3.8) is 0 Å². The molecule has 2 heteroatoms. The second kappa shape index (κ2) is 7.66. The van der Waals surface area contributed by atoms with Gasteiger partial charge in [-0.25, -0.2) is 0 Å². The van der Waals surface area contributed by atoms with Gasteiger partial charge < -0.3 is 10.5 Å². The fourth-order valence-electron chi connectivity index (χ4n) is 2.86. The van der Waals surface area contributed by atoms with Crippen LogP contribution in [0.3, 0.4) is 0 Å². The molecule has 0 saturated heterocycles. The zero-order valence-corrected chi connectivity index (χ0v) is 12.1. The van der Waals surface area contributed by atoms with Gasteiger partial charge in [0.15, 0.2) is 0 Å². The predicted molar refractivity (Wildman–Crippen MR) is 80.1 cm³/mol. The molecule has 0 heterocycles. The monoisotopic (exact) mass is 261 g/mol. The Morgan fingerprint density at radius 2 is 1.89 bits per heavy atom. The minimum atomic E-state index is 0.0112. The lowest BCUT2D eigenvalue weighted by Crippen LogP contribution is -2.19. The highest BCUT2D eigenvalue weighted by Gasteiger charge is 2.15. The maximum absolute atomic E-state index is 6.18. The highest BCUT2D eigenvalue weighted by molar-refractivity contribution is 5.24. The molecule has 1 fully saturated rings. The van der Waals surface area contributed by atoms with Gasteiger partial charge in [0, 0.05) is 6.61 Å². The quantitative estimate of drug-likeness (QED) is 0.809. The van der Waals surface area contributed by atoms with E-state index in [1.807, 2.05) is 0 Å². The van der Waals surface area contributed by atoms with Crippen LogP contribution in [-0.2, 0) is 11.2 Å². The van der Waals surface area contributed by atoms with Crippen molar-refractivity contribution in [2.45, 2.75) is 51.5 Å². The standard InChI is InChI=1S/C17H27NO/c1-2-5-14-8-10-16(11-9-14)17(18)13-19-12-15-6-3-4-7-15/h8-11,15,17H,2-7,12-13,18H2,1H3. The van der Waals surface area contributed by atoms with Gasteiger partial charge in [0.25, 0.3) is 0 Å². The van der Waals surface area contributed by atoms with Gasteiger partial charge in [-0.1, -0.05) is 50.5 Å². The van der Waals surface area contributed by atoms with E-state index in [9.17, 15) is 0 Å². The first-order valence-corrected chi connectivity index (χ1v) is 7.71. The number of hydrogen-bond donors (Lipinski definition) is 1. The molecule has 1 atom stereocenters. The van der Waals surface area contributed by atoms with Crippen LogP contribution in [0.2, 0.25) is 0 Å². The van der Waals surface area contributed by atoms with E-state index in [0.717, 1.165) is 18.9 Å². The summed E-state index contributed by atoms with van der Waals surface area (Å²) in [5.41, 5.74) is 8.76. The summed E-state index contributed by atoms with van der Waals surface area (Å²) in [5, 5.41) is 0. The largest absolute Gasteiger partial charge is 0.379 e. The van der Waals surface area contributed by atoms with Crippen molar-refractivity contribution in [3.05, 3.63) is 35.4 Å². The number of benzene rings is 1. The zero-order valence-electron chi connectivity index (χ0n) is 12.1. The highest BCUT2D eigenvalue weighted by atomic mass is 16.5. The van der Waals surface area contributed by atoms with E-state index in [1.54, 1.807) is 0 Å². The van der Waals surface area contributed by atoms with Crippen LogP contribution in [-0.4, -0.2) is 13.2 Å². The first-order chi connectivity index (χ1) is 9.29. The molecule has 1 aliphatic rings. The van der Waals surface area contributed by atoms with E-state index < -0.39 is 0 Å². The van der Waals surface area contributed by atoms with Gasteiger partial charge >= 0.3 is 0 Å². The van der Waals surface area contributed by atoms with Gasteiger partial charge in [-0.05, 0) is 36.3 Å². The van der Waals surface area contributed by atoms with E-state index in [4.69, 9.17) is 10.5 Å². The molecule has 1 aliphatic carbocycles. The molecule has 1 saturated carbocycles. The summed E-state index contributed by atoms with van der Waals surface area (Å²) in [6, 6.07) is 8.69. The Bertz CT molecular complexity index is 354. The van der Waals surface area contributed by atoms with Gasteiger partial charge in [-0.3, -0.25) is 0 Å². The van der Waals surface area contributed by atoms with Crippen LogP contribution in [0, 0.1) is 5.92 Å². The lowest BCUT2D eigenvalue weighted by Gasteiger charge is -2.15. The van der Waals surface area contributed by atoms with E-state index in [0.29, 0.717) is 6.61 Å². The Morgan fingerprint density at radius 1 is 1.21 bits per heavy atom. The first kappa shape index (κ1) is 14.5. The zero-order chi connectivity index (χ0) is 13.5. The van der Waals surface area contributed by atoms with Crippen molar-refractivity contribution in [2.24, 2.45) is 11.7 Å². The second-order valence-corrected chi connectivity index (χ2v) is 5.79. The van der Waals surface area contributed by atoms with Crippen molar-refractivity contribution < 1.29 is 4.74 Å². The molecule has 106 valence electrons. The van der Waals surface area contributed by atoms with Crippen LogP contribution in [0.4, 0.5) is 0 Å². The number of aryl methyl sites for hydroxylation is 1. The van der Waals surface area contributed by atoms with Gasteiger partial charge in [0.2, 0.25) is 0 Å². The molecule has 0 spiro atoms. The van der Waals surface area contributed by atoms with Crippen LogP contribution in [0.5, 0.6) is 0 Å². The highest BCUT2D eigenvalue weighted by Crippen LogP contribution is 2.25. The van der Waals surface area contributed by atoms with Gasteiger partial charge in [0.05, 0.1) is 12.6 Å². The third-order valence-corrected chi connectivity index (χ3v) is 4.07. The topological polar surface area (TPSA) is 35.2 Å². The van der Waals surface area contributed by atoms with Gasteiger partial charge in [0.1, 0.15) is 0 Å². The second-order valence-electron chi connectivity index (χ2n) is 5.79. The first-order valence-electron chi connectivity index (χ1n) is 7.71. The number of rotatable bonds is 7. The molecule has 2 rings (SSSR count). The SMILES string of the molecule is CCCc1ccc(C(N)COCC2CCCC2)cc1. The maximum Gasteiger partial charge on any atom is 0.0659 e. The Hall–Kier alpha value is -0.860. The third kappa shape index (κ3) is 4.63. The molecule has 2 N–H and O–H groups in total. The molecule has 0 amide bonds. The van der Waals surface area contributed by atoms with Crippen molar-refractivity contribution >= 4 is 0 Å². The van der Waals surface area contributed by atoms with Crippen LogP contribution < -0.4 is 5.73 Å². The van der Waals surface area contributed by atoms with E-state index in [-0.39, 0.29) is 6.04 Å². The molecule has 0 aliphatic heterocycles. The van der Waals surface area contributed by atoms with E-state index in [1.165, 1.54) is 43.2 Å². The Morgan fingerprint density at radius 3 is 2.53 bits per heavy atom. The van der Waals surface area contributed by atoms with E-state index >= 15 is 0 Å². The number of hydrogen-bond acceptors (Lipinski definition) is 2. The van der Waals surface area contributed by atoms with Crippen LogP contribution in [0.25, 0.3) is 0 Å². The summed E-state index contributed by atoms with van der Waals surface area (Å²) in [5.74, 6) is 0.777. The normalized spacial score (nSPS) is 17.8. The molecule has 2 nitrogen and oxygen atoms in total. The summed E-state index contributed by atoms with van der Waals surface area (Å²) in [6.45, 7) is 3.74. The minimum Gasteiger partial charge on any atom is -0.379 e. The van der Waals surface area contributed by atoms with Gasteiger partial charge in [-0.2, -0.15) is 0 Å². The summed E-state index contributed by atoms with van der Waals surface area (Å²) in [7, 11) is 0. The van der Waals surface area contributed by atoms with Crippen molar-refractivity contribution in [2.75, 3.05) is 13.2 Å². The summed E-state index contributed by atoms with van der Waals surface area (Å²) >= 11 is 0. The minimum absolute atomic E-state index is 0.0112. The molecule has 19 heavy (non-hydrogen) atoms. The lowest BCUT2D eigenvalue weighted by atomic mass is 10.0. The van der Waals surface area contributed by atoms with Crippen molar-refractivity contribution in [1.82, 2.24) is 0 Å². The molecule has 0 bridgehead atoms. The molecular formula is C17H27NO. The Balaban J connectivity index is 1.73. The molecular weight excluding hydrogens is 234 g/mol. The number of ether oxygens (including phenoxy) is 1. The van der Waals surface area contributed by atoms with Gasteiger partial charge in [-0.15, -0.1) is 0 Å². The lowest BCUT2D eigenvalue weighted by molar-refractivity contribution is 0.0904. The smallest absolute Gasteiger partial charge is 0.0659 e. The molecule has 1 aromatic rings. The average molecular weight is 261 g/mol. The summed E-state index contributed by atoms with van der Waals surface area (Å²) < 4.78 is 5.79. The summed E-state index contributed by atoms with van der Waals surface area (Å²) in [4.78, 5) is 0. The van der Waals surface area contributed by atoms with Crippen LogP contribution >= 0.6 is 0 Å². The fourth-order valence-corrected chi connectivity index (χ4v) is 2.86. The Kier molecular flexibility index (Phi) is 5.87. The molecule has 1 aromatic carbocycles. The van der Waals surface area contributed by atoms with Crippen molar-refractivity contribution in [1.29, 1.82) is 0 Å². The Labute approximate surface area is 117 Å². The van der Waals surface area contributed by atoms with Crippen LogP contribution in [0.15, 0.2) is 24.3 Å². The third-order valence-electron chi connectivity index (χ3n) is 4.07. The molecule has 0 aromatic heterocycles. The molecule has 0 radical (unpaired) electrons. The van der Waals surface area contributed by atoms with E-state index in [2.05, 4.69) is 31.2 Å². The predicted octanol–water partition coefficient (Wildman–Crippen LogP) is 3.85. The van der Waals surface area contributed by atoms with Crippen molar-refractivity contribution in [3.8, 4) is 0 Å². The van der Waals surface area contributed by atoms with Crippen LogP contribution in [0.1, 0.15) is 56.2 Å². The molecule has 1 unspecified atom stereocenters.